The van der Waals surface area contributed by atoms with Crippen molar-refractivity contribution < 1.29 is 19.1 Å². The zero-order chi connectivity index (χ0) is 23.4. The van der Waals surface area contributed by atoms with Gasteiger partial charge < -0.3 is 19.1 Å². The summed E-state index contributed by atoms with van der Waals surface area (Å²) in [7, 11) is 5.94. The molecule has 2 aromatic carbocycles. The lowest BCUT2D eigenvalue weighted by molar-refractivity contribution is -0.906. The van der Waals surface area contributed by atoms with Gasteiger partial charge in [0.15, 0.2) is 0 Å². The van der Waals surface area contributed by atoms with E-state index in [4.69, 9.17) is 9.47 Å². The lowest BCUT2D eigenvalue weighted by atomic mass is 9.80. The maximum absolute atomic E-state index is 10.7. The average Bonchev–Trinajstić information content (AvgIpc) is 2.64. The molecule has 4 nitrogen and oxygen atoms in total. The van der Waals surface area contributed by atoms with E-state index in [1.54, 1.807) is 7.11 Å². The normalized spacial score (nSPS) is 13.7. The third kappa shape index (κ3) is 7.55. The SMILES string of the molecule is COc1ccc(C[N+](C)(C)CC(O)COc2ccc(C(C)(C)C)cc2C(C)(C)C)cc1. The molecule has 0 saturated heterocycles. The quantitative estimate of drug-likeness (QED) is 0.579. The number of hydrogen-bond donors (Lipinski definition) is 1. The molecular formula is C27H42NO3+. The Hall–Kier alpha value is -2.04. The van der Waals surface area contributed by atoms with Gasteiger partial charge in [-0.1, -0.05) is 53.7 Å². The Labute approximate surface area is 189 Å². The topological polar surface area (TPSA) is 38.7 Å². The summed E-state index contributed by atoms with van der Waals surface area (Å²) in [5, 5.41) is 10.7. The number of aliphatic hydroxyl groups is 1. The molecular weight excluding hydrogens is 386 g/mol. The first-order chi connectivity index (χ1) is 14.2. The summed E-state index contributed by atoms with van der Waals surface area (Å²) >= 11 is 0. The number of quaternary nitrogens is 1. The fraction of sp³-hybridized carbons (Fsp3) is 0.556. The van der Waals surface area contributed by atoms with Gasteiger partial charge in [0.25, 0.3) is 0 Å². The van der Waals surface area contributed by atoms with Gasteiger partial charge in [0, 0.05) is 5.56 Å². The van der Waals surface area contributed by atoms with Crippen LogP contribution in [0.25, 0.3) is 0 Å². The molecule has 1 unspecified atom stereocenters. The van der Waals surface area contributed by atoms with Crippen LogP contribution in [0.3, 0.4) is 0 Å². The Morgan fingerprint density at radius 3 is 2.03 bits per heavy atom. The maximum atomic E-state index is 10.7. The van der Waals surface area contributed by atoms with Gasteiger partial charge >= 0.3 is 0 Å². The van der Waals surface area contributed by atoms with Gasteiger partial charge in [-0.2, -0.15) is 0 Å². The molecule has 0 spiro atoms. The van der Waals surface area contributed by atoms with Crippen LogP contribution >= 0.6 is 0 Å². The van der Waals surface area contributed by atoms with E-state index in [0.717, 1.165) is 18.0 Å². The van der Waals surface area contributed by atoms with Crippen LogP contribution in [0.5, 0.6) is 11.5 Å². The van der Waals surface area contributed by atoms with Crippen molar-refractivity contribution >= 4 is 0 Å². The molecule has 31 heavy (non-hydrogen) atoms. The molecule has 1 N–H and O–H groups in total. The van der Waals surface area contributed by atoms with Gasteiger partial charge in [-0.15, -0.1) is 0 Å². The number of hydrogen-bond acceptors (Lipinski definition) is 3. The fourth-order valence-corrected chi connectivity index (χ4v) is 3.81. The van der Waals surface area contributed by atoms with Gasteiger partial charge in [0.2, 0.25) is 0 Å². The predicted octanol–water partition coefficient (Wildman–Crippen LogP) is 5.31. The Balaban J connectivity index is 2.04. The second kappa shape index (κ2) is 9.62. The molecule has 0 aliphatic rings. The van der Waals surface area contributed by atoms with Crippen LogP contribution in [0.4, 0.5) is 0 Å². The van der Waals surface area contributed by atoms with Crippen molar-refractivity contribution in [3.05, 3.63) is 59.2 Å². The Morgan fingerprint density at radius 2 is 1.52 bits per heavy atom. The van der Waals surface area contributed by atoms with Crippen LogP contribution in [0.15, 0.2) is 42.5 Å². The molecule has 0 aliphatic carbocycles. The van der Waals surface area contributed by atoms with Crippen molar-refractivity contribution in [1.82, 2.24) is 0 Å². The number of likely N-dealkylation sites (N-methyl/N-ethyl adjacent to an activating group) is 1. The largest absolute Gasteiger partial charge is 0.497 e. The summed E-state index contributed by atoms with van der Waals surface area (Å²) in [6.07, 6.45) is -0.552. The molecule has 0 bridgehead atoms. The summed E-state index contributed by atoms with van der Waals surface area (Å²) in [4.78, 5) is 0. The minimum absolute atomic E-state index is 0.0365. The first kappa shape index (κ1) is 25.2. The smallest absolute Gasteiger partial charge is 0.137 e. The average molecular weight is 429 g/mol. The van der Waals surface area contributed by atoms with Crippen LogP contribution in [0, 0.1) is 0 Å². The third-order valence-electron chi connectivity index (χ3n) is 5.56. The molecule has 2 aromatic rings. The highest BCUT2D eigenvalue weighted by Gasteiger charge is 2.25. The zero-order valence-electron chi connectivity index (χ0n) is 21.0. The van der Waals surface area contributed by atoms with Gasteiger partial charge in [-0.05, 0) is 52.3 Å². The lowest BCUT2D eigenvalue weighted by Crippen LogP contribution is -2.46. The molecule has 0 saturated carbocycles. The Kier molecular flexibility index (Phi) is 7.83. The molecule has 0 amide bonds. The van der Waals surface area contributed by atoms with Crippen molar-refractivity contribution in [3.8, 4) is 11.5 Å². The summed E-state index contributed by atoms with van der Waals surface area (Å²) in [5.41, 5.74) is 3.74. The summed E-state index contributed by atoms with van der Waals surface area (Å²) in [6, 6.07) is 14.6. The van der Waals surface area contributed by atoms with Crippen LogP contribution < -0.4 is 9.47 Å². The van der Waals surface area contributed by atoms with Gasteiger partial charge in [0.05, 0.1) is 21.2 Å². The van der Waals surface area contributed by atoms with Crippen LogP contribution in [0.2, 0.25) is 0 Å². The summed E-state index contributed by atoms with van der Waals surface area (Å²) in [5.74, 6) is 1.72. The first-order valence-corrected chi connectivity index (χ1v) is 11.1. The van der Waals surface area contributed by atoms with Crippen molar-refractivity contribution in [1.29, 1.82) is 0 Å². The van der Waals surface area contributed by atoms with Crippen LogP contribution in [-0.4, -0.2) is 50.1 Å². The minimum Gasteiger partial charge on any atom is -0.497 e. The van der Waals surface area contributed by atoms with E-state index >= 15 is 0 Å². The highest BCUT2D eigenvalue weighted by molar-refractivity contribution is 5.43. The molecule has 0 radical (unpaired) electrons. The number of ether oxygens (including phenoxy) is 2. The molecule has 0 aliphatic heterocycles. The molecule has 0 heterocycles. The third-order valence-corrected chi connectivity index (χ3v) is 5.56. The second-order valence-corrected chi connectivity index (χ2v) is 11.3. The van der Waals surface area contributed by atoms with E-state index in [1.165, 1.54) is 16.7 Å². The minimum atomic E-state index is -0.552. The molecule has 0 aromatic heterocycles. The molecule has 2 rings (SSSR count). The van der Waals surface area contributed by atoms with E-state index < -0.39 is 6.10 Å². The number of nitrogens with zero attached hydrogens (tertiary/aromatic N) is 1. The number of rotatable bonds is 8. The molecule has 4 heteroatoms. The number of methoxy groups -OCH3 is 1. The van der Waals surface area contributed by atoms with E-state index in [1.807, 2.05) is 12.1 Å². The van der Waals surface area contributed by atoms with Crippen LogP contribution in [0.1, 0.15) is 58.2 Å². The van der Waals surface area contributed by atoms with E-state index in [-0.39, 0.29) is 17.4 Å². The zero-order valence-corrected chi connectivity index (χ0v) is 21.0. The fourth-order valence-electron chi connectivity index (χ4n) is 3.81. The standard InChI is InChI=1S/C27H42NO3/c1-26(2,3)21-12-15-25(24(16-21)27(4,5)6)31-19-22(29)18-28(7,8)17-20-10-13-23(30-9)14-11-20/h10-16,22,29H,17-19H2,1-9H3/q+1. The van der Waals surface area contributed by atoms with Crippen molar-refractivity contribution in [3.63, 3.8) is 0 Å². The highest BCUT2D eigenvalue weighted by Crippen LogP contribution is 2.35. The lowest BCUT2D eigenvalue weighted by Gasteiger charge is -2.32. The van der Waals surface area contributed by atoms with Crippen molar-refractivity contribution in [2.75, 3.05) is 34.4 Å². The molecule has 0 fully saturated rings. The summed E-state index contributed by atoms with van der Waals surface area (Å²) in [6.45, 7) is 15.0. The monoisotopic (exact) mass is 428 g/mol. The van der Waals surface area contributed by atoms with E-state index in [0.29, 0.717) is 11.0 Å². The van der Waals surface area contributed by atoms with Crippen molar-refractivity contribution in [2.45, 2.75) is 65.0 Å². The van der Waals surface area contributed by atoms with E-state index in [9.17, 15) is 5.11 Å². The molecule has 172 valence electrons. The Bertz CT molecular complexity index is 842. The highest BCUT2D eigenvalue weighted by atomic mass is 16.5. The first-order valence-electron chi connectivity index (χ1n) is 11.1. The number of aliphatic hydroxyl groups excluding tert-OH is 1. The van der Waals surface area contributed by atoms with Gasteiger partial charge in [-0.25, -0.2) is 0 Å². The van der Waals surface area contributed by atoms with Gasteiger partial charge in [-0.3, -0.25) is 0 Å². The maximum Gasteiger partial charge on any atom is 0.137 e. The van der Waals surface area contributed by atoms with Crippen molar-refractivity contribution in [2.24, 2.45) is 0 Å². The summed E-state index contributed by atoms with van der Waals surface area (Å²) < 4.78 is 12.1. The van der Waals surface area contributed by atoms with Crippen LogP contribution in [-0.2, 0) is 17.4 Å². The van der Waals surface area contributed by atoms with Gasteiger partial charge in [0.1, 0.15) is 37.3 Å². The molecule has 1 atom stereocenters. The predicted molar refractivity (Wildman–Crippen MR) is 129 cm³/mol. The second-order valence-electron chi connectivity index (χ2n) is 11.3. The Morgan fingerprint density at radius 1 is 0.903 bits per heavy atom. The van der Waals surface area contributed by atoms with E-state index in [2.05, 4.69) is 86.0 Å². The number of benzene rings is 2.